The lowest BCUT2D eigenvalue weighted by molar-refractivity contribution is 0.0502. The van der Waals surface area contributed by atoms with E-state index in [1.165, 1.54) is 0 Å². The quantitative estimate of drug-likeness (QED) is 0.860. The van der Waals surface area contributed by atoms with E-state index < -0.39 is 0 Å². The van der Waals surface area contributed by atoms with Crippen LogP contribution in [0.3, 0.4) is 0 Å². The number of nitrogens with zero attached hydrogens (tertiary/aromatic N) is 1. The lowest BCUT2D eigenvalue weighted by atomic mass is 9.97. The second kappa shape index (κ2) is 6.93. The molecule has 3 rings (SSSR count). The van der Waals surface area contributed by atoms with Gasteiger partial charge in [-0.25, -0.2) is 0 Å². The molecule has 1 amide bonds. The van der Waals surface area contributed by atoms with E-state index in [-0.39, 0.29) is 5.91 Å². The number of hydrogen-bond acceptors (Lipinski definition) is 2. The molecule has 0 aliphatic carbocycles. The molecule has 1 unspecified atom stereocenters. The molecule has 0 saturated carbocycles. The number of fused-ring (bicyclic) bond motifs is 1. The molecular formula is C19H23NO2. The fourth-order valence-electron chi connectivity index (χ4n) is 3.25. The number of carbonyl (C=O) groups excluding carboxylic acids is 1. The van der Waals surface area contributed by atoms with Gasteiger partial charge >= 0.3 is 0 Å². The fourth-order valence-corrected chi connectivity index (χ4v) is 3.25. The van der Waals surface area contributed by atoms with Crippen LogP contribution in [0, 0.1) is 5.92 Å². The second-order valence-corrected chi connectivity index (χ2v) is 5.95. The Balaban J connectivity index is 1.80. The summed E-state index contributed by atoms with van der Waals surface area (Å²) in [5.74, 6) is 0.616. The van der Waals surface area contributed by atoms with Crippen LogP contribution in [-0.4, -0.2) is 37.1 Å². The molecule has 2 aromatic carbocycles. The molecule has 1 aliphatic heterocycles. The SMILES string of the molecule is CCOCC1CCCN(C(=O)c2cccc3ccccc23)C1. The maximum atomic E-state index is 12.9. The smallest absolute Gasteiger partial charge is 0.254 e. The third-order valence-corrected chi connectivity index (χ3v) is 4.38. The van der Waals surface area contributed by atoms with Gasteiger partial charge in [0, 0.05) is 25.3 Å². The van der Waals surface area contributed by atoms with Crippen molar-refractivity contribution >= 4 is 16.7 Å². The Hall–Kier alpha value is -1.87. The number of ether oxygens (including phenoxy) is 1. The predicted molar refractivity (Wildman–Crippen MR) is 89.1 cm³/mol. The predicted octanol–water partition coefficient (Wildman–Crippen LogP) is 3.73. The van der Waals surface area contributed by atoms with Gasteiger partial charge in [0.15, 0.2) is 0 Å². The molecule has 1 heterocycles. The van der Waals surface area contributed by atoms with Crippen LogP contribution in [0.4, 0.5) is 0 Å². The van der Waals surface area contributed by atoms with Crippen LogP contribution in [0.2, 0.25) is 0 Å². The Morgan fingerprint density at radius 2 is 2.05 bits per heavy atom. The summed E-state index contributed by atoms with van der Waals surface area (Å²) < 4.78 is 5.54. The number of carbonyl (C=O) groups is 1. The van der Waals surface area contributed by atoms with Crippen LogP contribution >= 0.6 is 0 Å². The Morgan fingerprint density at radius 1 is 1.23 bits per heavy atom. The Bertz CT molecular complexity index is 647. The van der Waals surface area contributed by atoms with Crippen molar-refractivity contribution in [2.24, 2.45) is 5.92 Å². The summed E-state index contributed by atoms with van der Waals surface area (Å²) in [5, 5.41) is 2.16. The summed E-state index contributed by atoms with van der Waals surface area (Å²) in [6.07, 6.45) is 2.22. The van der Waals surface area contributed by atoms with Gasteiger partial charge < -0.3 is 9.64 Å². The van der Waals surface area contributed by atoms with Crippen LogP contribution in [0.5, 0.6) is 0 Å². The van der Waals surface area contributed by atoms with Crippen LogP contribution < -0.4 is 0 Å². The monoisotopic (exact) mass is 297 g/mol. The van der Waals surface area contributed by atoms with Gasteiger partial charge in [0.25, 0.3) is 5.91 Å². The first-order valence-electron chi connectivity index (χ1n) is 8.14. The van der Waals surface area contributed by atoms with Crippen LogP contribution in [0.15, 0.2) is 42.5 Å². The maximum absolute atomic E-state index is 12.9. The molecule has 0 bridgehead atoms. The molecule has 3 heteroatoms. The summed E-state index contributed by atoms with van der Waals surface area (Å²) in [7, 11) is 0. The normalized spacial score (nSPS) is 18.6. The van der Waals surface area contributed by atoms with E-state index in [4.69, 9.17) is 4.74 Å². The van der Waals surface area contributed by atoms with E-state index in [1.807, 2.05) is 42.2 Å². The number of amides is 1. The zero-order valence-corrected chi connectivity index (χ0v) is 13.1. The summed E-state index contributed by atoms with van der Waals surface area (Å²) in [6.45, 7) is 5.18. The molecule has 2 aromatic rings. The Labute approximate surface area is 131 Å². The lowest BCUT2D eigenvalue weighted by Crippen LogP contribution is -2.41. The zero-order valence-electron chi connectivity index (χ0n) is 13.1. The van der Waals surface area contributed by atoms with Crippen LogP contribution in [0.25, 0.3) is 10.8 Å². The first-order chi connectivity index (χ1) is 10.8. The first-order valence-corrected chi connectivity index (χ1v) is 8.14. The summed E-state index contributed by atoms with van der Waals surface area (Å²) >= 11 is 0. The molecule has 116 valence electrons. The van der Waals surface area contributed by atoms with Crippen molar-refractivity contribution in [3.8, 4) is 0 Å². The minimum absolute atomic E-state index is 0.151. The number of hydrogen-bond donors (Lipinski definition) is 0. The van der Waals surface area contributed by atoms with Gasteiger partial charge in [-0.15, -0.1) is 0 Å². The van der Waals surface area contributed by atoms with E-state index in [1.54, 1.807) is 0 Å². The van der Waals surface area contributed by atoms with Crippen molar-refractivity contribution in [3.05, 3.63) is 48.0 Å². The van der Waals surface area contributed by atoms with E-state index in [0.717, 1.165) is 55.5 Å². The van der Waals surface area contributed by atoms with Crippen LogP contribution in [0.1, 0.15) is 30.1 Å². The zero-order chi connectivity index (χ0) is 15.4. The minimum Gasteiger partial charge on any atom is -0.381 e. The van der Waals surface area contributed by atoms with Gasteiger partial charge in [-0.3, -0.25) is 4.79 Å². The molecule has 1 fully saturated rings. The lowest BCUT2D eigenvalue weighted by Gasteiger charge is -2.33. The van der Waals surface area contributed by atoms with E-state index in [2.05, 4.69) is 12.1 Å². The molecule has 0 radical (unpaired) electrons. The first kappa shape index (κ1) is 15.0. The van der Waals surface area contributed by atoms with Gasteiger partial charge in [-0.1, -0.05) is 36.4 Å². The highest BCUT2D eigenvalue weighted by Gasteiger charge is 2.25. The molecular weight excluding hydrogens is 274 g/mol. The number of likely N-dealkylation sites (tertiary alicyclic amines) is 1. The molecule has 1 saturated heterocycles. The highest BCUT2D eigenvalue weighted by atomic mass is 16.5. The van der Waals surface area contributed by atoms with Crippen molar-refractivity contribution in [2.45, 2.75) is 19.8 Å². The molecule has 0 N–H and O–H groups in total. The average molecular weight is 297 g/mol. The molecule has 1 aliphatic rings. The topological polar surface area (TPSA) is 29.5 Å². The van der Waals surface area contributed by atoms with E-state index in [9.17, 15) is 4.79 Å². The third kappa shape index (κ3) is 3.14. The molecule has 22 heavy (non-hydrogen) atoms. The summed E-state index contributed by atoms with van der Waals surface area (Å²) in [4.78, 5) is 14.9. The van der Waals surface area contributed by atoms with Gasteiger partial charge in [0.2, 0.25) is 0 Å². The van der Waals surface area contributed by atoms with Gasteiger partial charge in [0.05, 0.1) is 6.61 Å². The largest absolute Gasteiger partial charge is 0.381 e. The van der Waals surface area contributed by atoms with Crippen molar-refractivity contribution < 1.29 is 9.53 Å². The Morgan fingerprint density at radius 3 is 2.91 bits per heavy atom. The van der Waals surface area contributed by atoms with Gasteiger partial charge in [0.1, 0.15) is 0 Å². The maximum Gasteiger partial charge on any atom is 0.254 e. The van der Waals surface area contributed by atoms with Crippen molar-refractivity contribution in [3.63, 3.8) is 0 Å². The number of piperidine rings is 1. The standard InChI is InChI=1S/C19H23NO2/c1-2-22-14-15-7-6-12-20(13-15)19(21)18-11-5-9-16-8-3-4-10-17(16)18/h3-5,8-11,15H,2,6-7,12-14H2,1H3. The molecule has 1 atom stereocenters. The fraction of sp³-hybridized carbons (Fsp3) is 0.421. The third-order valence-electron chi connectivity index (χ3n) is 4.38. The average Bonchev–Trinajstić information content (AvgIpc) is 2.59. The van der Waals surface area contributed by atoms with Gasteiger partial charge in [-0.05, 0) is 42.5 Å². The minimum atomic E-state index is 0.151. The van der Waals surface area contributed by atoms with Crippen molar-refractivity contribution in [1.29, 1.82) is 0 Å². The van der Waals surface area contributed by atoms with E-state index >= 15 is 0 Å². The molecule has 0 spiro atoms. The molecule has 0 aromatic heterocycles. The number of rotatable bonds is 4. The summed E-state index contributed by atoms with van der Waals surface area (Å²) in [5.41, 5.74) is 0.815. The van der Waals surface area contributed by atoms with Crippen molar-refractivity contribution in [1.82, 2.24) is 4.90 Å². The van der Waals surface area contributed by atoms with Crippen molar-refractivity contribution in [2.75, 3.05) is 26.3 Å². The highest BCUT2D eigenvalue weighted by molar-refractivity contribution is 6.07. The van der Waals surface area contributed by atoms with Crippen LogP contribution in [-0.2, 0) is 4.74 Å². The number of benzene rings is 2. The summed E-state index contributed by atoms with van der Waals surface area (Å²) in [6, 6.07) is 14.1. The van der Waals surface area contributed by atoms with Gasteiger partial charge in [-0.2, -0.15) is 0 Å². The van der Waals surface area contributed by atoms with E-state index in [0.29, 0.717) is 5.92 Å². The Kier molecular flexibility index (Phi) is 4.74. The second-order valence-electron chi connectivity index (χ2n) is 5.95. The molecule has 3 nitrogen and oxygen atoms in total. The highest BCUT2D eigenvalue weighted by Crippen LogP contribution is 2.23.